The van der Waals surface area contributed by atoms with Gasteiger partial charge in [0.25, 0.3) is 0 Å². The molecule has 1 aromatic rings. The van der Waals surface area contributed by atoms with Crippen LogP contribution in [0.2, 0.25) is 0 Å². The van der Waals surface area contributed by atoms with E-state index in [1.807, 2.05) is 20.1 Å². The second-order valence-corrected chi connectivity index (χ2v) is 5.65. The number of thiophene rings is 1. The van der Waals surface area contributed by atoms with Crippen LogP contribution in [0.5, 0.6) is 5.75 Å². The van der Waals surface area contributed by atoms with Crippen molar-refractivity contribution in [2.75, 3.05) is 18.6 Å². The number of thioether (sulfide) groups is 1. The second-order valence-electron chi connectivity index (χ2n) is 3.55. The van der Waals surface area contributed by atoms with Crippen LogP contribution in [0.25, 0.3) is 0 Å². The lowest BCUT2D eigenvalue weighted by atomic mass is 10.3. The van der Waals surface area contributed by atoms with Gasteiger partial charge in [-0.2, -0.15) is 0 Å². The smallest absolute Gasteiger partial charge is 0.350 e. The molecule has 0 amide bonds. The summed E-state index contributed by atoms with van der Waals surface area (Å²) in [6.45, 7) is 5.95. The molecule has 6 heteroatoms. The Kier molecular flexibility index (Phi) is 5.14. The lowest BCUT2D eigenvalue weighted by Gasteiger charge is -2.10. The van der Waals surface area contributed by atoms with Crippen molar-refractivity contribution in [1.82, 2.24) is 0 Å². The van der Waals surface area contributed by atoms with E-state index in [0.717, 1.165) is 4.21 Å². The maximum atomic E-state index is 11.7. The zero-order valence-corrected chi connectivity index (χ0v) is 12.0. The molecule has 1 aromatic heterocycles. The van der Waals surface area contributed by atoms with Crippen molar-refractivity contribution >= 4 is 34.8 Å². The number of anilines is 1. The van der Waals surface area contributed by atoms with E-state index in [-0.39, 0.29) is 12.1 Å². The summed E-state index contributed by atoms with van der Waals surface area (Å²) in [7, 11) is 0. The van der Waals surface area contributed by atoms with Gasteiger partial charge in [-0.25, -0.2) is 4.79 Å². The maximum Gasteiger partial charge on any atom is 0.350 e. The highest BCUT2D eigenvalue weighted by atomic mass is 32.2. The standard InChI is InChI=1S/C11H17NO3S2/c1-5-14-10(13)9-7(12)8(15-6(2)3)11(16-4)17-9/h6H,5,12H2,1-4H3. The Morgan fingerprint density at radius 3 is 2.65 bits per heavy atom. The number of nitrogens with two attached hydrogens (primary N) is 1. The summed E-state index contributed by atoms with van der Waals surface area (Å²) < 4.78 is 11.5. The summed E-state index contributed by atoms with van der Waals surface area (Å²) in [5, 5.41) is 0. The van der Waals surface area contributed by atoms with E-state index in [0.29, 0.717) is 22.9 Å². The molecule has 2 N–H and O–H groups in total. The van der Waals surface area contributed by atoms with E-state index < -0.39 is 0 Å². The number of rotatable bonds is 5. The Morgan fingerprint density at radius 2 is 2.18 bits per heavy atom. The van der Waals surface area contributed by atoms with Gasteiger partial charge in [-0.3, -0.25) is 0 Å². The van der Waals surface area contributed by atoms with Crippen LogP contribution in [0, 0.1) is 0 Å². The van der Waals surface area contributed by atoms with E-state index in [9.17, 15) is 4.79 Å². The fourth-order valence-corrected chi connectivity index (χ4v) is 2.94. The van der Waals surface area contributed by atoms with Crippen molar-refractivity contribution in [2.24, 2.45) is 0 Å². The topological polar surface area (TPSA) is 61.5 Å². The predicted molar refractivity (Wildman–Crippen MR) is 72.2 cm³/mol. The van der Waals surface area contributed by atoms with Gasteiger partial charge in [0, 0.05) is 0 Å². The Labute approximate surface area is 109 Å². The molecule has 0 fully saturated rings. The second kappa shape index (κ2) is 6.16. The molecular formula is C11H17NO3S2. The molecule has 0 unspecified atom stereocenters. The van der Waals surface area contributed by atoms with E-state index in [2.05, 4.69) is 0 Å². The van der Waals surface area contributed by atoms with Gasteiger partial charge in [0.1, 0.15) is 14.8 Å². The molecule has 4 nitrogen and oxygen atoms in total. The van der Waals surface area contributed by atoms with Crippen LogP contribution in [0.1, 0.15) is 30.4 Å². The van der Waals surface area contributed by atoms with Crippen molar-refractivity contribution < 1.29 is 14.3 Å². The Balaban J connectivity index is 3.09. The molecule has 0 saturated heterocycles. The summed E-state index contributed by atoms with van der Waals surface area (Å²) >= 11 is 2.83. The molecule has 1 heterocycles. The Morgan fingerprint density at radius 1 is 1.53 bits per heavy atom. The van der Waals surface area contributed by atoms with Crippen molar-refractivity contribution in [2.45, 2.75) is 31.1 Å². The third-order valence-corrected chi connectivity index (χ3v) is 4.14. The molecular weight excluding hydrogens is 258 g/mol. The molecule has 0 radical (unpaired) electrons. The first-order valence-electron chi connectivity index (χ1n) is 5.31. The van der Waals surface area contributed by atoms with Crippen LogP contribution in [-0.2, 0) is 4.74 Å². The van der Waals surface area contributed by atoms with Gasteiger partial charge in [0.2, 0.25) is 0 Å². The van der Waals surface area contributed by atoms with E-state index >= 15 is 0 Å². The molecule has 17 heavy (non-hydrogen) atoms. The molecule has 96 valence electrons. The van der Waals surface area contributed by atoms with Gasteiger partial charge in [0.15, 0.2) is 5.75 Å². The highest BCUT2D eigenvalue weighted by molar-refractivity contribution is 8.00. The summed E-state index contributed by atoms with van der Waals surface area (Å²) in [5.41, 5.74) is 6.31. The van der Waals surface area contributed by atoms with E-state index in [1.165, 1.54) is 23.1 Å². The zero-order chi connectivity index (χ0) is 13.0. The number of carbonyl (C=O) groups is 1. The van der Waals surface area contributed by atoms with Gasteiger partial charge in [-0.1, -0.05) is 0 Å². The number of carbonyl (C=O) groups excluding carboxylic acids is 1. The minimum absolute atomic E-state index is 0.0212. The number of hydrogen-bond donors (Lipinski definition) is 1. The lowest BCUT2D eigenvalue weighted by molar-refractivity contribution is 0.0533. The maximum absolute atomic E-state index is 11.7. The minimum atomic E-state index is -0.385. The van der Waals surface area contributed by atoms with Crippen molar-refractivity contribution in [1.29, 1.82) is 0 Å². The molecule has 0 atom stereocenters. The first-order valence-corrected chi connectivity index (χ1v) is 7.35. The van der Waals surface area contributed by atoms with E-state index in [4.69, 9.17) is 15.2 Å². The van der Waals surface area contributed by atoms with Crippen LogP contribution in [0.4, 0.5) is 5.69 Å². The number of ether oxygens (including phenoxy) is 2. The molecule has 0 aromatic carbocycles. The van der Waals surface area contributed by atoms with Crippen LogP contribution < -0.4 is 10.5 Å². The van der Waals surface area contributed by atoms with Gasteiger partial charge in [0.05, 0.1) is 12.7 Å². The summed E-state index contributed by atoms with van der Waals surface area (Å²) in [6, 6.07) is 0. The van der Waals surface area contributed by atoms with Crippen LogP contribution in [-0.4, -0.2) is 24.9 Å². The monoisotopic (exact) mass is 275 g/mol. The fourth-order valence-electron chi connectivity index (χ4n) is 1.24. The third-order valence-electron chi connectivity index (χ3n) is 1.87. The molecule has 0 aliphatic carbocycles. The first kappa shape index (κ1) is 14.2. The predicted octanol–water partition coefficient (Wildman–Crippen LogP) is 3.02. The summed E-state index contributed by atoms with van der Waals surface area (Å²) in [4.78, 5) is 12.1. The normalized spacial score (nSPS) is 10.6. The molecule has 0 bridgehead atoms. The summed E-state index contributed by atoms with van der Waals surface area (Å²) in [5.74, 6) is 0.212. The highest BCUT2D eigenvalue weighted by Crippen LogP contribution is 2.44. The zero-order valence-electron chi connectivity index (χ0n) is 10.4. The van der Waals surface area contributed by atoms with Crippen molar-refractivity contribution in [3.8, 4) is 5.75 Å². The third kappa shape index (κ3) is 3.29. The van der Waals surface area contributed by atoms with Gasteiger partial charge < -0.3 is 15.2 Å². The Bertz CT molecular complexity index is 402. The quantitative estimate of drug-likeness (QED) is 0.661. The molecule has 1 rings (SSSR count). The van der Waals surface area contributed by atoms with Crippen molar-refractivity contribution in [3.05, 3.63) is 4.88 Å². The SMILES string of the molecule is CCOC(=O)c1sc(SC)c(OC(C)C)c1N. The number of hydrogen-bond acceptors (Lipinski definition) is 6. The highest BCUT2D eigenvalue weighted by Gasteiger charge is 2.23. The van der Waals surface area contributed by atoms with Gasteiger partial charge >= 0.3 is 5.97 Å². The average molecular weight is 275 g/mol. The van der Waals surface area contributed by atoms with Crippen LogP contribution in [0.3, 0.4) is 0 Å². The fraction of sp³-hybridized carbons (Fsp3) is 0.545. The molecule has 0 aliphatic heterocycles. The average Bonchev–Trinajstić information content (AvgIpc) is 2.56. The van der Waals surface area contributed by atoms with Gasteiger partial charge in [-0.15, -0.1) is 23.1 Å². The molecule has 0 spiro atoms. The lowest BCUT2D eigenvalue weighted by Crippen LogP contribution is -2.09. The molecule has 0 saturated carbocycles. The summed E-state index contributed by atoms with van der Waals surface area (Å²) in [6.07, 6.45) is 1.95. The number of esters is 1. The largest absolute Gasteiger partial charge is 0.487 e. The van der Waals surface area contributed by atoms with Crippen LogP contribution in [0.15, 0.2) is 4.21 Å². The Hall–Kier alpha value is -0.880. The molecule has 0 aliphatic rings. The van der Waals surface area contributed by atoms with Gasteiger partial charge in [-0.05, 0) is 27.0 Å². The van der Waals surface area contributed by atoms with Crippen LogP contribution >= 0.6 is 23.1 Å². The number of nitrogen functional groups attached to an aromatic ring is 1. The minimum Gasteiger partial charge on any atom is -0.487 e. The van der Waals surface area contributed by atoms with E-state index in [1.54, 1.807) is 6.92 Å². The van der Waals surface area contributed by atoms with Crippen molar-refractivity contribution in [3.63, 3.8) is 0 Å². The first-order chi connectivity index (χ1) is 8.01.